The maximum atomic E-state index is 3.62. The minimum absolute atomic E-state index is 0.535. The highest BCUT2D eigenvalue weighted by molar-refractivity contribution is 6.41. The molecule has 1 saturated heterocycles. The Balaban J connectivity index is 2.30. The first-order valence-corrected chi connectivity index (χ1v) is 10.2. The quantitative estimate of drug-likeness (QED) is 0.356. The summed E-state index contributed by atoms with van der Waals surface area (Å²) in [5, 5.41) is 7.78. The molecule has 0 saturated carbocycles. The summed E-state index contributed by atoms with van der Waals surface area (Å²) in [7, 11) is 1.31. The molecule has 1 rings (SSSR count). The molecule has 0 spiro atoms. The largest absolute Gasteiger partial charge is 0.308 e. The van der Waals surface area contributed by atoms with E-state index in [1.165, 1.54) is 84.3 Å². The standard InChI is InChI=1S/C19H41BN2/c1-4-6-8-10-12-14-19(3,15-13-11-9-7-5-2)20-18-21-16-17-22-18/h18,20-22H,4-17H2,1-3H3. The summed E-state index contributed by atoms with van der Waals surface area (Å²) < 4.78 is 0. The second-order valence-corrected chi connectivity index (χ2v) is 7.80. The second-order valence-electron chi connectivity index (χ2n) is 7.80. The van der Waals surface area contributed by atoms with Crippen molar-refractivity contribution in [3.05, 3.63) is 0 Å². The van der Waals surface area contributed by atoms with Crippen molar-refractivity contribution in [1.82, 2.24) is 10.6 Å². The van der Waals surface area contributed by atoms with Crippen LogP contribution in [0.3, 0.4) is 0 Å². The monoisotopic (exact) mass is 308 g/mol. The van der Waals surface area contributed by atoms with E-state index in [0.29, 0.717) is 11.4 Å². The highest BCUT2D eigenvalue weighted by Crippen LogP contribution is 2.38. The Labute approximate surface area is 140 Å². The second kappa shape index (κ2) is 12.4. The Morgan fingerprint density at radius 1 is 0.773 bits per heavy atom. The lowest BCUT2D eigenvalue weighted by molar-refractivity contribution is 0.439. The van der Waals surface area contributed by atoms with Gasteiger partial charge in [-0.3, -0.25) is 0 Å². The van der Waals surface area contributed by atoms with E-state index in [1.807, 2.05) is 0 Å². The van der Waals surface area contributed by atoms with Crippen LogP contribution in [-0.4, -0.2) is 26.4 Å². The average molecular weight is 308 g/mol. The summed E-state index contributed by atoms with van der Waals surface area (Å²) in [6.45, 7) is 9.45. The first kappa shape index (κ1) is 20.0. The molecule has 0 amide bonds. The van der Waals surface area contributed by atoms with Crippen molar-refractivity contribution in [2.24, 2.45) is 0 Å². The maximum absolute atomic E-state index is 3.62. The topological polar surface area (TPSA) is 24.1 Å². The van der Waals surface area contributed by atoms with Crippen LogP contribution in [0.2, 0.25) is 5.31 Å². The van der Waals surface area contributed by atoms with E-state index in [2.05, 4.69) is 31.4 Å². The van der Waals surface area contributed by atoms with Crippen LogP contribution in [0.15, 0.2) is 0 Å². The molecule has 0 radical (unpaired) electrons. The molecular weight excluding hydrogens is 267 g/mol. The van der Waals surface area contributed by atoms with Crippen LogP contribution < -0.4 is 10.6 Å². The van der Waals surface area contributed by atoms with Gasteiger partial charge in [0.05, 0.1) is 0 Å². The van der Waals surface area contributed by atoms with Crippen LogP contribution in [0.1, 0.15) is 97.8 Å². The van der Waals surface area contributed by atoms with Crippen molar-refractivity contribution in [1.29, 1.82) is 0 Å². The van der Waals surface area contributed by atoms with Crippen LogP contribution >= 0.6 is 0 Å². The maximum Gasteiger partial charge on any atom is 0.167 e. The third kappa shape index (κ3) is 9.20. The van der Waals surface area contributed by atoms with Crippen molar-refractivity contribution in [3.63, 3.8) is 0 Å². The molecule has 1 fully saturated rings. The molecule has 0 bridgehead atoms. The van der Waals surface area contributed by atoms with Gasteiger partial charge < -0.3 is 10.6 Å². The number of nitrogens with one attached hydrogen (secondary N) is 2. The van der Waals surface area contributed by atoms with Gasteiger partial charge >= 0.3 is 0 Å². The Hall–Kier alpha value is -0.0151. The van der Waals surface area contributed by atoms with Gasteiger partial charge in [0.15, 0.2) is 7.28 Å². The molecule has 2 nitrogen and oxygen atoms in total. The predicted octanol–water partition coefficient (Wildman–Crippen LogP) is 4.80. The normalized spacial score (nSPS) is 16.3. The number of hydrogen-bond donors (Lipinski definition) is 2. The fourth-order valence-electron chi connectivity index (χ4n) is 3.84. The van der Waals surface area contributed by atoms with E-state index in [-0.39, 0.29) is 0 Å². The molecule has 2 N–H and O–H groups in total. The minimum atomic E-state index is 0.535. The molecule has 3 heteroatoms. The summed E-state index contributed by atoms with van der Waals surface area (Å²) in [4.78, 5) is 0. The van der Waals surface area contributed by atoms with E-state index < -0.39 is 0 Å². The first-order chi connectivity index (χ1) is 10.7. The van der Waals surface area contributed by atoms with Gasteiger partial charge in [-0.25, -0.2) is 0 Å². The van der Waals surface area contributed by atoms with Crippen LogP contribution in [0.25, 0.3) is 0 Å². The third-order valence-corrected chi connectivity index (χ3v) is 5.37. The Kier molecular flexibility index (Phi) is 11.3. The van der Waals surface area contributed by atoms with Gasteiger partial charge in [0.1, 0.15) is 0 Å². The lowest BCUT2D eigenvalue weighted by atomic mass is 9.47. The Bertz CT molecular complexity index is 238. The minimum Gasteiger partial charge on any atom is -0.308 e. The molecule has 0 aromatic rings. The zero-order chi connectivity index (χ0) is 16.1. The van der Waals surface area contributed by atoms with Gasteiger partial charge in [0, 0.05) is 19.2 Å². The molecule has 130 valence electrons. The molecule has 1 heterocycles. The first-order valence-electron chi connectivity index (χ1n) is 10.2. The lowest BCUT2D eigenvalue weighted by Gasteiger charge is -2.31. The van der Waals surface area contributed by atoms with E-state index in [4.69, 9.17) is 0 Å². The summed E-state index contributed by atoms with van der Waals surface area (Å²) in [5.74, 6) is 0. The zero-order valence-electron chi connectivity index (χ0n) is 15.7. The van der Waals surface area contributed by atoms with Crippen molar-refractivity contribution >= 4 is 7.28 Å². The molecular formula is C19H41BN2. The van der Waals surface area contributed by atoms with E-state index in [1.54, 1.807) is 0 Å². The van der Waals surface area contributed by atoms with Gasteiger partial charge in [-0.05, 0) is 0 Å². The van der Waals surface area contributed by atoms with Crippen LogP contribution in [0.5, 0.6) is 0 Å². The van der Waals surface area contributed by atoms with Crippen molar-refractivity contribution in [2.45, 2.75) is 109 Å². The average Bonchev–Trinajstić information content (AvgIpc) is 2.99. The molecule has 0 unspecified atom stereocenters. The molecule has 0 atom stereocenters. The fourth-order valence-corrected chi connectivity index (χ4v) is 3.84. The third-order valence-electron chi connectivity index (χ3n) is 5.37. The molecule has 0 aliphatic carbocycles. The summed E-state index contributed by atoms with van der Waals surface area (Å²) in [5.41, 5.74) is 0. The van der Waals surface area contributed by atoms with Crippen LogP contribution in [-0.2, 0) is 0 Å². The number of unbranched alkanes of at least 4 members (excludes halogenated alkanes) is 8. The Morgan fingerprint density at radius 2 is 1.23 bits per heavy atom. The molecule has 22 heavy (non-hydrogen) atoms. The number of hydrogen-bond acceptors (Lipinski definition) is 2. The molecule has 1 aliphatic rings. The molecule has 1 aliphatic heterocycles. The van der Waals surface area contributed by atoms with Crippen molar-refractivity contribution in [2.75, 3.05) is 13.1 Å². The lowest BCUT2D eigenvalue weighted by Crippen LogP contribution is -2.42. The van der Waals surface area contributed by atoms with Gasteiger partial charge in [-0.15, -0.1) is 0 Å². The van der Waals surface area contributed by atoms with Gasteiger partial charge in [-0.2, -0.15) is 0 Å². The van der Waals surface area contributed by atoms with Crippen LogP contribution in [0, 0.1) is 0 Å². The zero-order valence-corrected chi connectivity index (χ0v) is 15.7. The van der Waals surface area contributed by atoms with Gasteiger partial charge in [0.25, 0.3) is 0 Å². The van der Waals surface area contributed by atoms with E-state index >= 15 is 0 Å². The van der Waals surface area contributed by atoms with Crippen molar-refractivity contribution < 1.29 is 0 Å². The fraction of sp³-hybridized carbons (Fsp3) is 1.00. The van der Waals surface area contributed by atoms with Gasteiger partial charge in [-0.1, -0.05) is 103 Å². The van der Waals surface area contributed by atoms with Gasteiger partial charge in [0.2, 0.25) is 0 Å². The Morgan fingerprint density at radius 3 is 1.68 bits per heavy atom. The summed E-state index contributed by atoms with van der Waals surface area (Å²) >= 11 is 0. The smallest absolute Gasteiger partial charge is 0.167 e. The summed E-state index contributed by atoms with van der Waals surface area (Å²) in [6.07, 6.45) is 17.0. The highest BCUT2D eigenvalue weighted by Gasteiger charge is 2.30. The molecule has 0 aromatic carbocycles. The van der Waals surface area contributed by atoms with Crippen molar-refractivity contribution in [3.8, 4) is 0 Å². The number of rotatable bonds is 14. The molecule has 0 aromatic heterocycles. The van der Waals surface area contributed by atoms with Crippen LogP contribution in [0.4, 0.5) is 0 Å². The summed E-state index contributed by atoms with van der Waals surface area (Å²) in [6, 6.07) is 0.566. The van der Waals surface area contributed by atoms with E-state index in [0.717, 1.165) is 13.1 Å². The SMILES string of the molecule is CCCCCCCC(C)(BC1NCCN1)CCCCCCC. The van der Waals surface area contributed by atoms with E-state index in [9.17, 15) is 0 Å². The predicted molar refractivity (Wildman–Crippen MR) is 102 cm³/mol. The highest BCUT2D eigenvalue weighted by atomic mass is 15.2.